The SMILES string of the molecule is C=C[C@@H]1C[C@]1(NC(=O)[C@@H]1C[C@@H](Oc2nc(-c3ccc(C(F)(F)F)cc3)nc3c2oc2ccccc23)CN1C(=O)[C@@H](Nc1nc(C)cs1)C(C)C)C(=O)NS(=O)(=O)C1CC1. The molecule has 5 aromatic rings. The zero-order chi connectivity index (χ0) is 42.0. The van der Waals surface area contributed by atoms with Gasteiger partial charge in [-0.05, 0) is 56.4 Å². The number of benzene rings is 2. The molecular formula is C40H40F3N7O7S2. The average Bonchev–Trinajstić information content (AvgIpc) is 4.04. The van der Waals surface area contributed by atoms with Crippen molar-refractivity contribution in [2.24, 2.45) is 11.8 Å². The molecule has 1 aliphatic heterocycles. The van der Waals surface area contributed by atoms with Crippen LogP contribution in [0.5, 0.6) is 5.88 Å². The van der Waals surface area contributed by atoms with Crippen LogP contribution >= 0.6 is 11.3 Å². The van der Waals surface area contributed by atoms with Gasteiger partial charge in [-0.2, -0.15) is 18.2 Å². The summed E-state index contributed by atoms with van der Waals surface area (Å²) in [7, 11) is -3.95. The first kappa shape index (κ1) is 40.2. The minimum absolute atomic E-state index is 0.0501. The normalized spacial score (nSPS) is 22.4. The van der Waals surface area contributed by atoms with E-state index in [0.29, 0.717) is 34.5 Å². The number of hydrogen-bond donors (Lipinski definition) is 3. The highest BCUT2D eigenvalue weighted by Crippen LogP contribution is 2.46. The van der Waals surface area contributed by atoms with Crippen LogP contribution in [-0.4, -0.2) is 81.5 Å². The topological polar surface area (TPSA) is 186 Å². The second-order valence-electron chi connectivity index (χ2n) is 15.5. The Hall–Kier alpha value is -5.56. The number of anilines is 1. The maximum Gasteiger partial charge on any atom is 0.416 e. The molecule has 0 unspecified atom stereocenters. The number of hydrogen-bond acceptors (Lipinski definition) is 12. The van der Waals surface area contributed by atoms with Crippen molar-refractivity contribution in [3.05, 3.63) is 77.8 Å². The highest BCUT2D eigenvalue weighted by molar-refractivity contribution is 7.91. The van der Waals surface area contributed by atoms with Gasteiger partial charge >= 0.3 is 6.18 Å². The largest absolute Gasteiger partial charge is 0.470 e. The van der Waals surface area contributed by atoms with E-state index in [-0.39, 0.29) is 48.2 Å². The molecule has 14 nitrogen and oxygen atoms in total. The highest BCUT2D eigenvalue weighted by Gasteiger charge is 2.62. The number of furan rings is 1. The van der Waals surface area contributed by atoms with Crippen LogP contribution in [0.2, 0.25) is 0 Å². The smallest absolute Gasteiger partial charge is 0.416 e. The first-order chi connectivity index (χ1) is 28.0. The molecule has 3 aliphatic rings. The van der Waals surface area contributed by atoms with Gasteiger partial charge in [0.2, 0.25) is 27.4 Å². The van der Waals surface area contributed by atoms with E-state index in [1.165, 1.54) is 34.4 Å². The summed E-state index contributed by atoms with van der Waals surface area (Å²) < 4.78 is 80.6. The van der Waals surface area contributed by atoms with Crippen LogP contribution in [-0.2, 0) is 30.6 Å². The van der Waals surface area contributed by atoms with Crippen LogP contribution in [0.1, 0.15) is 50.8 Å². The number of alkyl halides is 3. The van der Waals surface area contributed by atoms with Crippen molar-refractivity contribution in [3.63, 3.8) is 0 Å². The predicted molar refractivity (Wildman–Crippen MR) is 213 cm³/mol. The standard InChI is InChI=1S/C40H40F3N7O7S2/c1-5-23-17-39(23,37(53)49-59(54,55)26-14-15-26)48-34(51)28-16-25(18-50(28)36(52)30(20(2)3)46-38-44-21(4)19-58-38)56-35-32-31(27-8-6-7-9-29(27)57-32)45-33(47-35)22-10-12-24(13-11-22)40(41,42)43/h5-13,19-20,23,25-26,28,30H,1,14-18H2,2-4H3,(H,44,46)(H,48,51)(H,49,53)/t23-,25-,28+,30+,39-/m1/s1. The molecule has 8 rings (SSSR count). The van der Waals surface area contributed by atoms with Crippen LogP contribution in [0.4, 0.5) is 18.3 Å². The molecular weight excluding hydrogens is 812 g/mol. The number of ether oxygens (including phenoxy) is 1. The molecule has 19 heteroatoms. The number of sulfonamides is 1. The second kappa shape index (κ2) is 14.9. The minimum Gasteiger partial charge on any atom is -0.470 e. The van der Waals surface area contributed by atoms with Crippen molar-refractivity contribution in [2.45, 2.75) is 81.6 Å². The molecule has 0 radical (unpaired) electrons. The van der Waals surface area contributed by atoms with Gasteiger partial charge in [0.15, 0.2) is 11.0 Å². The Morgan fingerprint density at radius 2 is 1.81 bits per heavy atom. The van der Waals surface area contributed by atoms with Gasteiger partial charge in [0.25, 0.3) is 11.8 Å². The van der Waals surface area contributed by atoms with Crippen LogP contribution < -0.4 is 20.1 Å². The molecule has 0 spiro atoms. The minimum atomic E-state index is -4.56. The number of carbonyl (C=O) groups is 3. The van der Waals surface area contributed by atoms with E-state index in [2.05, 4.69) is 36.9 Å². The summed E-state index contributed by atoms with van der Waals surface area (Å²) in [4.78, 5) is 57.7. The molecule has 310 valence electrons. The molecule has 2 aliphatic carbocycles. The van der Waals surface area contributed by atoms with Gasteiger partial charge in [-0.3, -0.25) is 19.1 Å². The van der Waals surface area contributed by atoms with E-state index in [0.717, 1.165) is 17.8 Å². The Bertz CT molecular complexity index is 2590. The van der Waals surface area contributed by atoms with Crippen LogP contribution in [0.15, 0.2) is 71.0 Å². The van der Waals surface area contributed by atoms with Crippen molar-refractivity contribution in [1.82, 2.24) is 29.9 Å². The van der Waals surface area contributed by atoms with E-state index in [1.54, 1.807) is 24.3 Å². The van der Waals surface area contributed by atoms with Gasteiger partial charge in [0.1, 0.15) is 34.8 Å². The molecule has 3 N–H and O–H groups in total. The molecule has 0 bridgehead atoms. The lowest BCUT2D eigenvalue weighted by Crippen LogP contribution is -2.58. The van der Waals surface area contributed by atoms with E-state index in [4.69, 9.17) is 9.15 Å². The Morgan fingerprint density at radius 3 is 2.44 bits per heavy atom. The number of aromatic nitrogens is 3. The Morgan fingerprint density at radius 1 is 1.08 bits per heavy atom. The highest BCUT2D eigenvalue weighted by atomic mass is 32.2. The lowest BCUT2D eigenvalue weighted by atomic mass is 10.0. The Labute approximate surface area is 340 Å². The summed E-state index contributed by atoms with van der Waals surface area (Å²) in [5.41, 5.74) is -0.497. The summed E-state index contributed by atoms with van der Waals surface area (Å²) in [6.45, 7) is 9.15. The quantitative estimate of drug-likeness (QED) is 0.118. The fraction of sp³-hybridized carbons (Fsp3) is 0.400. The number of rotatable bonds is 13. The predicted octanol–water partition coefficient (Wildman–Crippen LogP) is 5.98. The molecule has 1 saturated heterocycles. The molecule has 3 aromatic heterocycles. The lowest BCUT2D eigenvalue weighted by Gasteiger charge is -2.31. The van der Waals surface area contributed by atoms with E-state index < -0.39 is 74.4 Å². The third-order valence-electron chi connectivity index (χ3n) is 10.9. The number of fused-ring (bicyclic) bond motifs is 3. The van der Waals surface area contributed by atoms with Crippen molar-refractivity contribution < 1.29 is 45.1 Å². The number of halogens is 3. The molecule has 4 heterocycles. The third-order valence-corrected chi connectivity index (χ3v) is 13.6. The number of para-hydroxylation sites is 1. The average molecular weight is 852 g/mol. The van der Waals surface area contributed by atoms with Crippen molar-refractivity contribution in [3.8, 4) is 17.3 Å². The molecule has 2 saturated carbocycles. The fourth-order valence-corrected chi connectivity index (χ4v) is 9.47. The van der Waals surface area contributed by atoms with Crippen molar-refractivity contribution >= 4 is 66.3 Å². The first-order valence-electron chi connectivity index (χ1n) is 19.0. The summed E-state index contributed by atoms with van der Waals surface area (Å²) in [5, 5.41) is 8.25. The van der Waals surface area contributed by atoms with Gasteiger partial charge in [-0.1, -0.05) is 44.2 Å². The number of aryl methyl sites for hydroxylation is 1. The summed E-state index contributed by atoms with van der Waals surface area (Å²) >= 11 is 1.32. The van der Waals surface area contributed by atoms with E-state index in [9.17, 15) is 36.0 Å². The monoisotopic (exact) mass is 851 g/mol. The van der Waals surface area contributed by atoms with Gasteiger partial charge in [0.05, 0.1) is 23.1 Å². The fourth-order valence-electron chi connectivity index (χ4n) is 7.38. The molecule has 2 aromatic carbocycles. The van der Waals surface area contributed by atoms with Gasteiger partial charge in [0, 0.05) is 28.7 Å². The van der Waals surface area contributed by atoms with Crippen LogP contribution in [0.25, 0.3) is 33.5 Å². The zero-order valence-electron chi connectivity index (χ0n) is 32.1. The number of nitrogens with one attached hydrogen (secondary N) is 3. The summed E-state index contributed by atoms with van der Waals surface area (Å²) in [6.07, 6.45) is -3.10. The summed E-state index contributed by atoms with van der Waals surface area (Å²) in [6, 6.07) is 9.34. The maximum absolute atomic E-state index is 14.6. The van der Waals surface area contributed by atoms with E-state index >= 15 is 0 Å². The van der Waals surface area contributed by atoms with E-state index in [1.807, 2.05) is 26.2 Å². The molecule has 59 heavy (non-hydrogen) atoms. The maximum atomic E-state index is 14.6. The van der Waals surface area contributed by atoms with Gasteiger partial charge < -0.3 is 24.7 Å². The Balaban J connectivity index is 1.14. The van der Waals surface area contributed by atoms with Gasteiger partial charge in [-0.25, -0.2) is 18.4 Å². The van der Waals surface area contributed by atoms with Crippen molar-refractivity contribution in [2.75, 3.05) is 11.9 Å². The summed E-state index contributed by atoms with van der Waals surface area (Å²) in [5.74, 6) is -2.90. The molecule has 3 fully saturated rings. The number of likely N-dealkylation sites (tertiary alicyclic amines) is 1. The van der Waals surface area contributed by atoms with Crippen LogP contribution in [0, 0.1) is 18.8 Å². The number of carbonyl (C=O) groups excluding carboxylic acids is 3. The van der Waals surface area contributed by atoms with Crippen molar-refractivity contribution in [1.29, 1.82) is 0 Å². The second-order valence-corrected chi connectivity index (χ2v) is 18.3. The number of thiazole rings is 1. The Kier molecular flexibility index (Phi) is 10.2. The number of nitrogens with zero attached hydrogens (tertiary/aromatic N) is 4. The first-order valence-corrected chi connectivity index (χ1v) is 21.4. The van der Waals surface area contributed by atoms with Crippen LogP contribution in [0.3, 0.4) is 0 Å². The number of amides is 3. The van der Waals surface area contributed by atoms with Gasteiger partial charge in [-0.15, -0.1) is 17.9 Å². The lowest BCUT2D eigenvalue weighted by molar-refractivity contribution is -0.140. The third kappa shape index (κ3) is 7.84. The zero-order valence-corrected chi connectivity index (χ0v) is 33.7. The molecule has 5 atom stereocenters. The molecule has 3 amide bonds.